The number of hydrogen-bond donors (Lipinski definition) is 1. The largest absolute Gasteiger partial charge is 0.497 e. The van der Waals surface area contributed by atoms with Gasteiger partial charge in [0.25, 0.3) is 11.8 Å². The van der Waals surface area contributed by atoms with Crippen molar-refractivity contribution in [3.05, 3.63) is 53.6 Å². The molecule has 0 saturated carbocycles. The Bertz CT molecular complexity index is 936. The molecule has 0 radical (unpaired) electrons. The zero-order chi connectivity index (χ0) is 21.7. The van der Waals surface area contributed by atoms with Crippen LogP contribution in [0.15, 0.2) is 42.5 Å². The number of fused-ring (bicyclic) bond motifs is 1. The van der Waals surface area contributed by atoms with Crippen LogP contribution in [0.1, 0.15) is 22.8 Å². The van der Waals surface area contributed by atoms with Crippen molar-refractivity contribution in [2.24, 2.45) is 0 Å². The molecule has 1 N–H and O–H groups in total. The summed E-state index contributed by atoms with van der Waals surface area (Å²) in [5, 5.41) is 2.48. The highest BCUT2D eigenvalue weighted by atomic mass is 16.5. The minimum atomic E-state index is -0.961. The van der Waals surface area contributed by atoms with E-state index in [1.165, 1.54) is 33.3 Å². The maximum atomic E-state index is 12.7. The van der Waals surface area contributed by atoms with E-state index >= 15 is 0 Å². The van der Waals surface area contributed by atoms with Crippen molar-refractivity contribution < 1.29 is 28.6 Å². The molecule has 1 aliphatic heterocycles. The summed E-state index contributed by atoms with van der Waals surface area (Å²) >= 11 is 0. The first-order valence-corrected chi connectivity index (χ1v) is 9.53. The molecule has 3 rings (SSSR count). The smallest absolute Gasteiger partial charge is 0.326 e. The van der Waals surface area contributed by atoms with Gasteiger partial charge < -0.3 is 24.4 Å². The number of anilines is 1. The fourth-order valence-corrected chi connectivity index (χ4v) is 3.27. The monoisotopic (exact) mass is 412 g/mol. The molecule has 1 atom stereocenters. The molecule has 2 amide bonds. The summed E-state index contributed by atoms with van der Waals surface area (Å²) in [6.45, 7) is 1.71. The zero-order valence-electron chi connectivity index (χ0n) is 17.1. The van der Waals surface area contributed by atoms with Crippen LogP contribution in [0, 0.1) is 0 Å². The standard InChI is InChI=1S/C22H24N2O6/c1-14(22(27)24-9-8-15-6-4-5-7-19(15)24)30-20(25)13-23-21(26)16-10-17(28-2)12-18(11-16)29-3/h4-7,10-12,14H,8-9,13H2,1-3H3,(H,23,26)/t14-/m0/s1. The fourth-order valence-electron chi connectivity index (χ4n) is 3.27. The van der Waals surface area contributed by atoms with Gasteiger partial charge in [0.2, 0.25) is 0 Å². The van der Waals surface area contributed by atoms with Crippen LogP contribution in [0.25, 0.3) is 0 Å². The van der Waals surface area contributed by atoms with Crippen LogP contribution in [-0.2, 0) is 20.7 Å². The number of nitrogens with zero attached hydrogens (tertiary/aromatic N) is 1. The van der Waals surface area contributed by atoms with Crippen molar-refractivity contribution in [3.63, 3.8) is 0 Å². The maximum Gasteiger partial charge on any atom is 0.326 e. The Balaban J connectivity index is 1.54. The van der Waals surface area contributed by atoms with Crippen LogP contribution >= 0.6 is 0 Å². The molecule has 8 heteroatoms. The van der Waals surface area contributed by atoms with Crippen molar-refractivity contribution in [2.45, 2.75) is 19.4 Å². The van der Waals surface area contributed by atoms with Gasteiger partial charge in [0.05, 0.1) is 14.2 Å². The summed E-state index contributed by atoms with van der Waals surface area (Å²) in [5.41, 5.74) is 2.20. The Morgan fingerprint density at radius 3 is 2.40 bits per heavy atom. The highest BCUT2D eigenvalue weighted by Gasteiger charge is 2.29. The number of para-hydroxylation sites is 1. The number of ether oxygens (including phenoxy) is 3. The lowest BCUT2D eigenvalue weighted by Crippen LogP contribution is -2.41. The van der Waals surface area contributed by atoms with E-state index in [1.807, 2.05) is 24.3 Å². The summed E-state index contributed by atoms with van der Waals surface area (Å²) in [6.07, 6.45) is -0.194. The van der Waals surface area contributed by atoms with Crippen molar-refractivity contribution in [2.75, 3.05) is 32.2 Å². The second-order valence-electron chi connectivity index (χ2n) is 6.78. The summed E-state index contributed by atoms with van der Waals surface area (Å²) in [7, 11) is 2.95. The van der Waals surface area contributed by atoms with Crippen molar-refractivity contribution >= 4 is 23.5 Å². The van der Waals surface area contributed by atoms with Crippen LogP contribution in [0.5, 0.6) is 11.5 Å². The SMILES string of the molecule is COc1cc(OC)cc(C(=O)NCC(=O)O[C@@H](C)C(=O)N2CCc3ccccc32)c1. The van der Waals surface area contributed by atoms with E-state index in [0.717, 1.165) is 17.7 Å². The number of esters is 1. The van der Waals surface area contributed by atoms with Crippen LogP contribution in [0.3, 0.4) is 0 Å². The van der Waals surface area contributed by atoms with Gasteiger partial charge in [0.1, 0.15) is 18.0 Å². The predicted molar refractivity (Wildman–Crippen MR) is 110 cm³/mol. The highest BCUT2D eigenvalue weighted by Crippen LogP contribution is 2.28. The van der Waals surface area contributed by atoms with Crippen LogP contribution in [0.4, 0.5) is 5.69 Å². The normalized spacial score (nSPS) is 13.2. The minimum Gasteiger partial charge on any atom is -0.497 e. The molecular formula is C22H24N2O6. The molecule has 0 aliphatic carbocycles. The van der Waals surface area contributed by atoms with Gasteiger partial charge in [-0.15, -0.1) is 0 Å². The van der Waals surface area contributed by atoms with Crippen LogP contribution in [-0.4, -0.2) is 51.2 Å². The summed E-state index contributed by atoms with van der Waals surface area (Å²) in [6, 6.07) is 12.3. The predicted octanol–water partition coefficient (Wildman–Crippen LogP) is 1.95. The van der Waals surface area contributed by atoms with E-state index in [0.29, 0.717) is 18.0 Å². The number of carbonyl (C=O) groups is 3. The lowest BCUT2D eigenvalue weighted by molar-refractivity contribution is -0.152. The maximum absolute atomic E-state index is 12.7. The van der Waals surface area contributed by atoms with Crippen LogP contribution in [0.2, 0.25) is 0 Å². The van der Waals surface area contributed by atoms with Gasteiger partial charge in [0.15, 0.2) is 6.10 Å². The number of carbonyl (C=O) groups excluding carboxylic acids is 3. The van der Waals surface area contributed by atoms with Gasteiger partial charge in [-0.25, -0.2) is 0 Å². The molecule has 0 bridgehead atoms. The van der Waals surface area contributed by atoms with E-state index in [1.54, 1.807) is 11.0 Å². The van der Waals surface area contributed by atoms with E-state index < -0.39 is 18.0 Å². The van der Waals surface area contributed by atoms with Gasteiger partial charge in [-0.2, -0.15) is 0 Å². The average Bonchev–Trinajstić information content (AvgIpc) is 3.20. The van der Waals surface area contributed by atoms with Crippen molar-refractivity contribution in [1.82, 2.24) is 5.32 Å². The molecular weight excluding hydrogens is 388 g/mol. The topological polar surface area (TPSA) is 94.2 Å². The molecule has 30 heavy (non-hydrogen) atoms. The molecule has 0 fully saturated rings. The van der Waals surface area contributed by atoms with Gasteiger partial charge >= 0.3 is 5.97 Å². The number of nitrogens with one attached hydrogen (secondary N) is 1. The Morgan fingerprint density at radius 2 is 1.73 bits per heavy atom. The van der Waals surface area contributed by atoms with Gasteiger partial charge in [0, 0.05) is 23.9 Å². The Hall–Kier alpha value is -3.55. The lowest BCUT2D eigenvalue weighted by atomic mass is 10.2. The van der Waals surface area contributed by atoms with E-state index in [-0.39, 0.29) is 18.0 Å². The number of benzene rings is 2. The minimum absolute atomic E-state index is 0.275. The van der Waals surface area contributed by atoms with Gasteiger partial charge in [-0.05, 0) is 37.1 Å². The number of amides is 2. The molecule has 158 valence electrons. The molecule has 8 nitrogen and oxygen atoms in total. The molecule has 1 aliphatic rings. The molecule has 2 aromatic rings. The van der Waals surface area contributed by atoms with Crippen molar-refractivity contribution in [1.29, 1.82) is 0 Å². The third-order valence-corrected chi connectivity index (χ3v) is 4.82. The third-order valence-electron chi connectivity index (χ3n) is 4.82. The Morgan fingerprint density at radius 1 is 1.07 bits per heavy atom. The zero-order valence-corrected chi connectivity index (χ0v) is 17.1. The van der Waals surface area contributed by atoms with Gasteiger partial charge in [-0.3, -0.25) is 14.4 Å². The molecule has 2 aromatic carbocycles. The summed E-state index contributed by atoms with van der Waals surface area (Å²) in [4.78, 5) is 38.8. The quantitative estimate of drug-likeness (QED) is 0.699. The summed E-state index contributed by atoms with van der Waals surface area (Å²) in [5.74, 6) is -0.584. The first-order chi connectivity index (χ1) is 14.4. The first-order valence-electron chi connectivity index (χ1n) is 9.53. The number of hydrogen-bond acceptors (Lipinski definition) is 6. The molecule has 0 unspecified atom stereocenters. The molecule has 0 saturated heterocycles. The third kappa shape index (κ3) is 4.71. The Kier molecular flexibility index (Phi) is 6.56. The van der Waals surface area contributed by atoms with Crippen molar-refractivity contribution in [3.8, 4) is 11.5 Å². The van der Waals surface area contributed by atoms with Gasteiger partial charge in [-0.1, -0.05) is 18.2 Å². The lowest BCUT2D eigenvalue weighted by Gasteiger charge is -2.21. The molecule has 0 aromatic heterocycles. The average molecular weight is 412 g/mol. The number of methoxy groups -OCH3 is 2. The second-order valence-corrected chi connectivity index (χ2v) is 6.78. The first kappa shape index (κ1) is 21.2. The highest BCUT2D eigenvalue weighted by molar-refractivity contribution is 6.00. The van der Waals surface area contributed by atoms with Crippen LogP contribution < -0.4 is 19.7 Å². The van der Waals surface area contributed by atoms with E-state index in [4.69, 9.17) is 14.2 Å². The molecule has 1 heterocycles. The molecule has 0 spiro atoms. The van der Waals surface area contributed by atoms with E-state index in [9.17, 15) is 14.4 Å². The fraction of sp³-hybridized carbons (Fsp3) is 0.318. The van der Waals surface area contributed by atoms with E-state index in [2.05, 4.69) is 5.32 Å². The second kappa shape index (κ2) is 9.30. The summed E-state index contributed by atoms with van der Waals surface area (Å²) < 4.78 is 15.5. The number of rotatable bonds is 7. The Labute approximate surface area is 174 Å².